The third kappa shape index (κ3) is 4.90. The third-order valence-electron chi connectivity index (χ3n) is 4.77. The fraction of sp³-hybridized carbons (Fsp3) is 0.217. The average molecular weight is 410 g/mol. The molecule has 0 unspecified atom stereocenters. The number of sulfonamides is 1. The summed E-state index contributed by atoms with van der Waals surface area (Å²) < 4.78 is 29.6. The van der Waals surface area contributed by atoms with Gasteiger partial charge >= 0.3 is 0 Å². The van der Waals surface area contributed by atoms with Crippen molar-refractivity contribution in [3.8, 4) is 0 Å². The van der Waals surface area contributed by atoms with E-state index in [2.05, 4.69) is 4.72 Å². The van der Waals surface area contributed by atoms with Gasteiger partial charge in [-0.05, 0) is 47.5 Å². The lowest BCUT2D eigenvalue weighted by Crippen LogP contribution is -2.22. The first-order chi connectivity index (χ1) is 13.8. The van der Waals surface area contributed by atoms with Gasteiger partial charge in [-0.3, -0.25) is 4.72 Å². The maximum Gasteiger partial charge on any atom is 0.244 e. The van der Waals surface area contributed by atoms with E-state index in [1.165, 1.54) is 0 Å². The van der Waals surface area contributed by atoms with E-state index >= 15 is 0 Å². The summed E-state index contributed by atoms with van der Waals surface area (Å²) in [4.78, 5) is 3.97. The highest BCUT2D eigenvalue weighted by Gasteiger charge is 2.29. The highest BCUT2D eigenvalue weighted by Crippen LogP contribution is 2.33. The van der Waals surface area contributed by atoms with Gasteiger partial charge in [-0.1, -0.05) is 42.5 Å². The Labute approximate surface area is 173 Å². The van der Waals surface area contributed by atoms with Crippen molar-refractivity contribution >= 4 is 27.1 Å². The number of anilines is 3. The Morgan fingerprint density at radius 1 is 0.655 bits per heavy atom. The van der Waals surface area contributed by atoms with E-state index < -0.39 is 15.3 Å². The lowest BCUT2D eigenvalue weighted by molar-refractivity contribution is 0.594. The van der Waals surface area contributed by atoms with Crippen LogP contribution in [0.2, 0.25) is 0 Å². The number of nitrogens with one attached hydrogen (secondary N) is 1. The van der Waals surface area contributed by atoms with Gasteiger partial charge in [0.05, 0.1) is 0 Å². The minimum Gasteiger partial charge on any atom is -0.378 e. The largest absolute Gasteiger partial charge is 0.378 e. The maximum atomic E-state index is 13.4. The summed E-state index contributed by atoms with van der Waals surface area (Å²) in [6.45, 7) is 0. The van der Waals surface area contributed by atoms with Crippen LogP contribution in [-0.4, -0.2) is 36.6 Å². The van der Waals surface area contributed by atoms with Crippen molar-refractivity contribution in [2.45, 2.75) is 5.25 Å². The molecule has 3 aromatic carbocycles. The van der Waals surface area contributed by atoms with E-state index in [1.807, 2.05) is 105 Å². The van der Waals surface area contributed by atoms with Crippen LogP contribution in [0.25, 0.3) is 0 Å². The molecule has 0 bridgehead atoms. The van der Waals surface area contributed by atoms with Crippen LogP contribution in [0.15, 0.2) is 78.9 Å². The van der Waals surface area contributed by atoms with Crippen molar-refractivity contribution in [1.82, 2.24) is 0 Å². The first kappa shape index (κ1) is 20.7. The third-order valence-corrected chi connectivity index (χ3v) is 6.45. The number of hydrogen-bond donors (Lipinski definition) is 1. The number of nitrogens with zero attached hydrogens (tertiary/aromatic N) is 2. The summed E-state index contributed by atoms with van der Waals surface area (Å²) in [5.41, 5.74) is 4.02. The average Bonchev–Trinajstić information content (AvgIpc) is 2.69. The number of hydrogen-bond acceptors (Lipinski definition) is 4. The van der Waals surface area contributed by atoms with Gasteiger partial charge < -0.3 is 9.80 Å². The second kappa shape index (κ2) is 8.57. The van der Waals surface area contributed by atoms with Gasteiger partial charge in [-0.25, -0.2) is 8.42 Å². The molecule has 0 radical (unpaired) electrons. The van der Waals surface area contributed by atoms with Crippen LogP contribution in [-0.2, 0) is 10.0 Å². The first-order valence-electron chi connectivity index (χ1n) is 9.39. The molecule has 6 heteroatoms. The lowest BCUT2D eigenvalue weighted by atomic mass is 10.0. The van der Waals surface area contributed by atoms with E-state index in [1.54, 1.807) is 12.1 Å². The van der Waals surface area contributed by atoms with Crippen molar-refractivity contribution in [2.75, 3.05) is 42.7 Å². The van der Waals surface area contributed by atoms with Crippen LogP contribution >= 0.6 is 0 Å². The Kier molecular flexibility index (Phi) is 6.13. The molecule has 29 heavy (non-hydrogen) atoms. The number of para-hydroxylation sites is 1. The SMILES string of the molecule is CN(C)c1ccc(C(c2ccc(N(C)C)cc2)S(=O)(=O)Nc2ccccc2)cc1. The molecule has 0 amide bonds. The molecule has 0 fully saturated rings. The van der Waals surface area contributed by atoms with E-state index in [0.29, 0.717) is 5.69 Å². The molecule has 0 spiro atoms. The number of rotatable bonds is 7. The highest BCUT2D eigenvalue weighted by molar-refractivity contribution is 7.93. The molecule has 0 aliphatic heterocycles. The summed E-state index contributed by atoms with van der Waals surface area (Å²) in [6, 6.07) is 24.2. The number of benzene rings is 3. The van der Waals surface area contributed by atoms with Crippen molar-refractivity contribution in [3.63, 3.8) is 0 Å². The zero-order valence-electron chi connectivity index (χ0n) is 17.2. The summed E-state index contributed by atoms with van der Waals surface area (Å²) in [5, 5.41) is -0.824. The molecule has 0 aliphatic carbocycles. The molecule has 0 heterocycles. The zero-order chi connectivity index (χ0) is 21.0. The standard InChI is InChI=1S/C23H27N3O2S/c1-25(2)21-14-10-18(11-15-21)23(19-12-16-22(17-13-19)26(3)4)29(27,28)24-20-8-6-5-7-9-20/h5-17,23-24H,1-4H3. The minimum absolute atomic E-state index is 0.548. The van der Waals surface area contributed by atoms with E-state index in [9.17, 15) is 8.42 Å². The van der Waals surface area contributed by atoms with E-state index in [0.717, 1.165) is 22.5 Å². The van der Waals surface area contributed by atoms with Crippen LogP contribution in [0.1, 0.15) is 16.4 Å². The zero-order valence-corrected chi connectivity index (χ0v) is 18.0. The van der Waals surface area contributed by atoms with E-state index in [-0.39, 0.29) is 0 Å². The van der Waals surface area contributed by atoms with Crippen LogP contribution < -0.4 is 14.5 Å². The van der Waals surface area contributed by atoms with E-state index in [4.69, 9.17) is 0 Å². The molecular formula is C23H27N3O2S. The molecule has 3 aromatic rings. The van der Waals surface area contributed by atoms with Crippen LogP contribution in [0.5, 0.6) is 0 Å². The molecular weight excluding hydrogens is 382 g/mol. The van der Waals surface area contributed by atoms with Crippen molar-refractivity contribution in [3.05, 3.63) is 90.0 Å². The van der Waals surface area contributed by atoms with Gasteiger partial charge in [-0.15, -0.1) is 0 Å². The van der Waals surface area contributed by atoms with Crippen molar-refractivity contribution in [1.29, 1.82) is 0 Å². The molecule has 0 saturated carbocycles. The molecule has 152 valence electrons. The van der Waals surface area contributed by atoms with Gasteiger partial charge in [0.2, 0.25) is 10.0 Å². The predicted octanol–water partition coefficient (Wildman–Crippen LogP) is 4.35. The minimum atomic E-state index is -3.72. The topological polar surface area (TPSA) is 52.7 Å². The second-order valence-corrected chi connectivity index (χ2v) is 9.13. The van der Waals surface area contributed by atoms with Gasteiger partial charge in [-0.2, -0.15) is 0 Å². The van der Waals surface area contributed by atoms with Gasteiger partial charge in [0.15, 0.2) is 0 Å². The van der Waals surface area contributed by atoms with Crippen LogP contribution in [0.3, 0.4) is 0 Å². The Morgan fingerprint density at radius 3 is 1.45 bits per heavy atom. The van der Waals surface area contributed by atoms with Crippen LogP contribution in [0, 0.1) is 0 Å². The quantitative estimate of drug-likeness (QED) is 0.630. The Morgan fingerprint density at radius 2 is 1.07 bits per heavy atom. The summed E-state index contributed by atoms with van der Waals surface area (Å²) in [6.07, 6.45) is 0. The summed E-state index contributed by atoms with van der Waals surface area (Å²) >= 11 is 0. The molecule has 1 N–H and O–H groups in total. The Balaban J connectivity index is 2.05. The molecule has 3 rings (SSSR count). The van der Waals surface area contributed by atoms with Crippen LogP contribution in [0.4, 0.5) is 17.1 Å². The first-order valence-corrected chi connectivity index (χ1v) is 10.9. The predicted molar refractivity (Wildman–Crippen MR) is 122 cm³/mol. The molecule has 5 nitrogen and oxygen atoms in total. The smallest absolute Gasteiger partial charge is 0.244 e. The normalized spacial score (nSPS) is 11.3. The van der Waals surface area contributed by atoms with Gasteiger partial charge in [0, 0.05) is 45.3 Å². The monoisotopic (exact) mass is 409 g/mol. The summed E-state index contributed by atoms with van der Waals surface area (Å²) in [5.74, 6) is 0. The summed E-state index contributed by atoms with van der Waals surface area (Å²) in [7, 11) is 4.11. The van der Waals surface area contributed by atoms with Crippen molar-refractivity contribution < 1.29 is 8.42 Å². The molecule has 0 aliphatic rings. The van der Waals surface area contributed by atoms with Gasteiger partial charge in [0.1, 0.15) is 5.25 Å². The lowest BCUT2D eigenvalue weighted by Gasteiger charge is -2.22. The Hall–Kier alpha value is -2.99. The molecule has 0 aromatic heterocycles. The second-order valence-electron chi connectivity index (χ2n) is 7.37. The molecule has 0 atom stereocenters. The highest BCUT2D eigenvalue weighted by atomic mass is 32.2. The van der Waals surface area contributed by atoms with Gasteiger partial charge in [0.25, 0.3) is 0 Å². The fourth-order valence-corrected chi connectivity index (χ4v) is 4.79. The molecule has 0 saturated heterocycles. The fourth-order valence-electron chi connectivity index (χ4n) is 3.17. The maximum absolute atomic E-state index is 13.4. The Bertz CT molecular complexity index is 978. The van der Waals surface area contributed by atoms with Crippen molar-refractivity contribution in [2.24, 2.45) is 0 Å².